The molecule has 3 rings (SSSR count). The molecule has 0 aliphatic carbocycles. The fraction of sp³-hybridized carbons (Fsp3) is 0.160. The maximum atomic E-state index is 12.7. The molecule has 162 valence electrons. The lowest BCUT2D eigenvalue weighted by atomic mass is 10.1. The van der Waals surface area contributed by atoms with E-state index in [1.165, 1.54) is 7.11 Å². The third-order valence-corrected chi connectivity index (χ3v) is 5.01. The van der Waals surface area contributed by atoms with E-state index in [0.29, 0.717) is 11.3 Å². The first-order chi connectivity index (χ1) is 15.4. The van der Waals surface area contributed by atoms with Crippen molar-refractivity contribution in [2.24, 2.45) is 0 Å². The van der Waals surface area contributed by atoms with Crippen LogP contribution in [0.4, 0.5) is 5.69 Å². The van der Waals surface area contributed by atoms with Gasteiger partial charge in [-0.05, 0) is 68.0 Å². The quantitative estimate of drug-likeness (QED) is 0.355. The van der Waals surface area contributed by atoms with Gasteiger partial charge in [0, 0.05) is 28.8 Å². The summed E-state index contributed by atoms with van der Waals surface area (Å²) in [4.78, 5) is 24.2. The molecule has 0 radical (unpaired) electrons. The van der Waals surface area contributed by atoms with Gasteiger partial charge >= 0.3 is 5.97 Å². The molecule has 1 heterocycles. The number of ether oxygens (including phenoxy) is 2. The van der Waals surface area contributed by atoms with Gasteiger partial charge in [-0.1, -0.05) is 6.07 Å². The monoisotopic (exact) mass is 429 g/mol. The average molecular weight is 429 g/mol. The van der Waals surface area contributed by atoms with Gasteiger partial charge in [0.25, 0.3) is 5.91 Å². The van der Waals surface area contributed by atoms with Crippen molar-refractivity contribution < 1.29 is 19.1 Å². The lowest BCUT2D eigenvalue weighted by molar-refractivity contribution is -0.112. The van der Waals surface area contributed by atoms with Gasteiger partial charge in [-0.2, -0.15) is 5.26 Å². The fourth-order valence-corrected chi connectivity index (χ4v) is 3.39. The van der Waals surface area contributed by atoms with Crippen molar-refractivity contribution in [3.05, 3.63) is 82.7 Å². The number of carbonyl (C=O) groups is 2. The fourth-order valence-electron chi connectivity index (χ4n) is 3.39. The maximum Gasteiger partial charge on any atom is 0.337 e. The number of nitriles is 1. The number of anilines is 1. The summed E-state index contributed by atoms with van der Waals surface area (Å²) in [6.07, 6.45) is 1.57. The van der Waals surface area contributed by atoms with E-state index in [4.69, 9.17) is 4.74 Å². The number of carbonyl (C=O) groups excluding carboxylic acids is 2. The van der Waals surface area contributed by atoms with Crippen molar-refractivity contribution in [3.63, 3.8) is 0 Å². The molecule has 2 aromatic carbocycles. The molecule has 0 unspecified atom stereocenters. The zero-order valence-electron chi connectivity index (χ0n) is 18.3. The second kappa shape index (κ2) is 9.67. The predicted molar refractivity (Wildman–Crippen MR) is 122 cm³/mol. The summed E-state index contributed by atoms with van der Waals surface area (Å²) >= 11 is 0. The van der Waals surface area contributed by atoms with Gasteiger partial charge in [-0.15, -0.1) is 0 Å². The molecule has 0 spiro atoms. The Morgan fingerprint density at radius 1 is 1.06 bits per heavy atom. The van der Waals surface area contributed by atoms with E-state index in [2.05, 4.69) is 10.1 Å². The number of amides is 1. The molecule has 0 atom stereocenters. The summed E-state index contributed by atoms with van der Waals surface area (Å²) in [7, 11) is 2.91. The average Bonchev–Trinajstić information content (AvgIpc) is 3.09. The molecular formula is C25H23N3O4. The van der Waals surface area contributed by atoms with E-state index in [1.807, 2.05) is 54.8 Å². The topological polar surface area (TPSA) is 93.4 Å². The molecule has 3 aromatic rings. The highest BCUT2D eigenvalue weighted by Gasteiger charge is 2.15. The van der Waals surface area contributed by atoms with Crippen LogP contribution in [-0.4, -0.2) is 30.7 Å². The second-order valence-electron chi connectivity index (χ2n) is 7.06. The van der Waals surface area contributed by atoms with E-state index >= 15 is 0 Å². The van der Waals surface area contributed by atoms with Crippen LogP contribution in [0.3, 0.4) is 0 Å². The van der Waals surface area contributed by atoms with Gasteiger partial charge in [-0.25, -0.2) is 4.79 Å². The standard InChI is InChI=1S/C25H23N3O4/c1-16-12-19(17(2)28(16)22-6-5-7-23(14-22)31-3)13-20(15-26)24(29)27-21-10-8-18(9-11-21)25(30)32-4/h5-14H,1-4H3,(H,27,29)/b20-13-. The molecule has 0 saturated heterocycles. The number of rotatable bonds is 6. The van der Waals surface area contributed by atoms with E-state index < -0.39 is 11.9 Å². The highest BCUT2D eigenvalue weighted by atomic mass is 16.5. The van der Waals surface area contributed by atoms with Crippen molar-refractivity contribution in [1.82, 2.24) is 4.57 Å². The lowest BCUT2D eigenvalue weighted by Gasteiger charge is -2.11. The minimum absolute atomic E-state index is 0.0343. The smallest absolute Gasteiger partial charge is 0.337 e. The summed E-state index contributed by atoms with van der Waals surface area (Å²) in [6, 6.07) is 17.8. The van der Waals surface area contributed by atoms with Gasteiger partial charge in [0.15, 0.2) is 0 Å². The van der Waals surface area contributed by atoms with E-state index in [0.717, 1.165) is 28.4 Å². The Bertz CT molecular complexity index is 1230. The molecule has 1 aromatic heterocycles. The van der Waals surface area contributed by atoms with Crippen molar-refractivity contribution in [1.29, 1.82) is 5.26 Å². The van der Waals surface area contributed by atoms with Crippen molar-refractivity contribution in [2.75, 3.05) is 19.5 Å². The van der Waals surface area contributed by atoms with Crippen LogP contribution in [0.1, 0.15) is 27.3 Å². The molecule has 0 fully saturated rings. The van der Waals surface area contributed by atoms with Crippen molar-refractivity contribution in [2.45, 2.75) is 13.8 Å². The zero-order valence-corrected chi connectivity index (χ0v) is 18.3. The zero-order chi connectivity index (χ0) is 23.3. The Kier molecular flexibility index (Phi) is 6.76. The van der Waals surface area contributed by atoms with Crippen LogP contribution in [0.2, 0.25) is 0 Å². The number of methoxy groups -OCH3 is 2. The molecule has 0 aliphatic heterocycles. The van der Waals surface area contributed by atoms with Gasteiger partial charge < -0.3 is 19.4 Å². The third-order valence-electron chi connectivity index (χ3n) is 5.01. The SMILES string of the molecule is COC(=O)c1ccc(NC(=O)/C(C#N)=C\c2cc(C)n(-c3cccc(OC)c3)c2C)cc1. The minimum Gasteiger partial charge on any atom is -0.497 e. The Hall–Kier alpha value is -4.31. The Morgan fingerprint density at radius 3 is 2.41 bits per heavy atom. The van der Waals surface area contributed by atoms with Crippen molar-refractivity contribution in [3.8, 4) is 17.5 Å². The Morgan fingerprint density at radius 2 is 1.78 bits per heavy atom. The van der Waals surface area contributed by atoms with Gasteiger partial charge in [0.2, 0.25) is 0 Å². The van der Waals surface area contributed by atoms with E-state index in [9.17, 15) is 14.9 Å². The van der Waals surface area contributed by atoms with Crippen LogP contribution in [0, 0.1) is 25.2 Å². The van der Waals surface area contributed by atoms with Crippen LogP contribution in [0.5, 0.6) is 5.75 Å². The Balaban J connectivity index is 1.87. The number of esters is 1. The molecule has 1 N–H and O–H groups in total. The van der Waals surface area contributed by atoms with E-state index in [1.54, 1.807) is 37.5 Å². The largest absolute Gasteiger partial charge is 0.497 e. The summed E-state index contributed by atoms with van der Waals surface area (Å²) < 4.78 is 12.0. The number of benzene rings is 2. The third kappa shape index (κ3) is 4.71. The first-order valence-electron chi connectivity index (χ1n) is 9.82. The molecular weight excluding hydrogens is 406 g/mol. The van der Waals surface area contributed by atoms with Crippen LogP contribution in [-0.2, 0) is 9.53 Å². The first-order valence-corrected chi connectivity index (χ1v) is 9.82. The second-order valence-corrected chi connectivity index (χ2v) is 7.06. The van der Waals surface area contributed by atoms with Crippen LogP contribution in [0.25, 0.3) is 11.8 Å². The van der Waals surface area contributed by atoms with Crippen LogP contribution < -0.4 is 10.1 Å². The van der Waals surface area contributed by atoms with Gasteiger partial charge in [0.05, 0.1) is 19.8 Å². The number of hydrogen-bond acceptors (Lipinski definition) is 5. The summed E-state index contributed by atoms with van der Waals surface area (Å²) in [6.45, 7) is 3.88. The highest BCUT2D eigenvalue weighted by molar-refractivity contribution is 6.09. The molecule has 0 aliphatic rings. The van der Waals surface area contributed by atoms with Gasteiger partial charge in [0.1, 0.15) is 17.4 Å². The van der Waals surface area contributed by atoms with E-state index in [-0.39, 0.29) is 5.57 Å². The van der Waals surface area contributed by atoms with Gasteiger partial charge in [-0.3, -0.25) is 4.79 Å². The van der Waals surface area contributed by atoms with Crippen molar-refractivity contribution >= 4 is 23.6 Å². The molecule has 0 saturated carbocycles. The predicted octanol–water partition coefficient (Wildman–Crippen LogP) is 4.44. The minimum atomic E-state index is -0.537. The highest BCUT2D eigenvalue weighted by Crippen LogP contribution is 2.25. The normalized spacial score (nSPS) is 10.9. The first kappa shape index (κ1) is 22.4. The summed E-state index contributed by atoms with van der Waals surface area (Å²) in [5, 5.41) is 12.3. The Labute approximate surface area is 186 Å². The number of aryl methyl sites for hydroxylation is 1. The number of hydrogen-bond donors (Lipinski definition) is 1. The number of nitrogens with zero attached hydrogens (tertiary/aromatic N) is 2. The summed E-state index contributed by atoms with van der Waals surface area (Å²) in [5.74, 6) is -0.265. The molecule has 1 amide bonds. The maximum absolute atomic E-state index is 12.7. The van der Waals surface area contributed by atoms with Crippen LogP contribution in [0.15, 0.2) is 60.2 Å². The lowest BCUT2D eigenvalue weighted by Crippen LogP contribution is -2.13. The molecule has 7 nitrogen and oxygen atoms in total. The summed E-state index contributed by atoms with van der Waals surface area (Å²) in [5.41, 5.74) is 4.33. The molecule has 7 heteroatoms. The number of aromatic nitrogens is 1. The molecule has 0 bridgehead atoms. The number of nitrogens with one attached hydrogen (secondary N) is 1. The van der Waals surface area contributed by atoms with Crippen LogP contribution >= 0.6 is 0 Å². The molecule has 32 heavy (non-hydrogen) atoms.